The number of thiazole rings is 1. The lowest BCUT2D eigenvalue weighted by molar-refractivity contribution is -0.142. The zero-order chi connectivity index (χ0) is 17.5. The number of hydrogen-bond acceptors (Lipinski definition) is 6. The van der Waals surface area contributed by atoms with Crippen molar-refractivity contribution < 1.29 is 9.53 Å². The summed E-state index contributed by atoms with van der Waals surface area (Å²) in [6.07, 6.45) is 2.47. The number of rotatable bonds is 7. The predicted octanol–water partition coefficient (Wildman–Crippen LogP) is 3.33. The molecule has 0 spiro atoms. The van der Waals surface area contributed by atoms with Crippen molar-refractivity contribution in [2.75, 3.05) is 25.0 Å². The Morgan fingerprint density at radius 1 is 1.32 bits per heavy atom. The molecule has 25 heavy (non-hydrogen) atoms. The number of ether oxygens (including phenoxy) is 1. The zero-order valence-electron chi connectivity index (χ0n) is 14.6. The van der Waals surface area contributed by atoms with Gasteiger partial charge in [0.25, 0.3) is 0 Å². The number of aromatic nitrogens is 1. The third-order valence-electron chi connectivity index (χ3n) is 4.35. The number of carbonyl (C=O) groups excluding carboxylic acids is 1. The van der Waals surface area contributed by atoms with Gasteiger partial charge >= 0.3 is 5.97 Å². The van der Waals surface area contributed by atoms with Gasteiger partial charge in [-0.15, -0.1) is 11.3 Å². The van der Waals surface area contributed by atoms with E-state index in [0.29, 0.717) is 12.6 Å². The number of benzene rings is 1. The summed E-state index contributed by atoms with van der Waals surface area (Å²) in [5.41, 5.74) is 2.16. The zero-order valence-corrected chi connectivity index (χ0v) is 15.4. The molecule has 0 atom stereocenters. The van der Waals surface area contributed by atoms with Gasteiger partial charge < -0.3 is 10.1 Å². The van der Waals surface area contributed by atoms with Gasteiger partial charge in [0, 0.05) is 31.1 Å². The van der Waals surface area contributed by atoms with Crippen molar-refractivity contribution in [2.45, 2.75) is 38.8 Å². The number of nitrogens with zero attached hydrogens (tertiary/aromatic N) is 2. The van der Waals surface area contributed by atoms with E-state index in [-0.39, 0.29) is 12.4 Å². The molecule has 1 aromatic carbocycles. The second-order valence-electron chi connectivity index (χ2n) is 6.31. The lowest BCUT2D eigenvalue weighted by atomic mass is 10.0. The lowest BCUT2D eigenvalue weighted by Gasteiger charge is -2.32. The van der Waals surface area contributed by atoms with E-state index in [1.165, 1.54) is 5.56 Å². The highest BCUT2D eigenvalue weighted by Gasteiger charge is 2.20. The van der Waals surface area contributed by atoms with Crippen LogP contribution in [-0.2, 0) is 22.5 Å². The lowest BCUT2D eigenvalue weighted by Crippen LogP contribution is -2.38. The van der Waals surface area contributed by atoms with Crippen molar-refractivity contribution in [3.05, 3.63) is 47.0 Å². The molecular weight excluding hydrogens is 334 g/mol. The summed E-state index contributed by atoms with van der Waals surface area (Å²) in [6, 6.07) is 11.1. The number of likely N-dealkylation sites (tertiary alicyclic amines) is 1. The Hall–Kier alpha value is -1.92. The first kappa shape index (κ1) is 17.9. The maximum absolute atomic E-state index is 11.5. The Bertz CT molecular complexity index is 666. The summed E-state index contributed by atoms with van der Waals surface area (Å²) in [6.45, 7) is 5.43. The fraction of sp³-hybridized carbons (Fsp3) is 0.474. The summed E-state index contributed by atoms with van der Waals surface area (Å²) in [5.74, 6) is -0.214. The summed E-state index contributed by atoms with van der Waals surface area (Å²) >= 11 is 1.56. The monoisotopic (exact) mass is 359 g/mol. The summed E-state index contributed by atoms with van der Waals surface area (Å²) in [4.78, 5) is 18.5. The molecule has 1 aromatic heterocycles. The second-order valence-corrected chi connectivity index (χ2v) is 7.16. The number of piperidine rings is 1. The van der Waals surface area contributed by atoms with E-state index < -0.39 is 0 Å². The van der Waals surface area contributed by atoms with Gasteiger partial charge in [-0.3, -0.25) is 9.69 Å². The van der Waals surface area contributed by atoms with Crippen LogP contribution in [0.1, 0.15) is 31.0 Å². The first-order chi connectivity index (χ1) is 12.2. The van der Waals surface area contributed by atoms with Gasteiger partial charge in [-0.25, -0.2) is 4.98 Å². The van der Waals surface area contributed by atoms with Gasteiger partial charge in [0.15, 0.2) is 5.13 Å². The van der Waals surface area contributed by atoms with Crippen LogP contribution in [0.15, 0.2) is 35.7 Å². The first-order valence-corrected chi connectivity index (χ1v) is 9.73. The molecule has 1 aliphatic rings. The largest absolute Gasteiger partial charge is 0.466 e. The van der Waals surface area contributed by atoms with Crippen molar-refractivity contribution in [1.29, 1.82) is 0 Å². The van der Waals surface area contributed by atoms with Gasteiger partial charge in [-0.1, -0.05) is 30.3 Å². The van der Waals surface area contributed by atoms with Gasteiger partial charge in [0.2, 0.25) is 0 Å². The van der Waals surface area contributed by atoms with Crippen molar-refractivity contribution in [1.82, 2.24) is 9.88 Å². The number of nitrogens with one attached hydrogen (secondary N) is 1. The molecule has 1 fully saturated rings. The van der Waals surface area contributed by atoms with Crippen molar-refractivity contribution in [2.24, 2.45) is 0 Å². The van der Waals surface area contributed by atoms with E-state index in [9.17, 15) is 4.79 Å². The number of anilines is 1. The van der Waals surface area contributed by atoms with Crippen molar-refractivity contribution in [3.63, 3.8) is 0 Å². The number of carbonyl (C=O) groups is 1. The van der Waals surface area contributed by atoms with Crippen LogP contribution in [0.4, 0.5) is 5.13 Å². The van der Waals surface area contributed by atoms with Crippen LogP contribution in [0.2, 0.25) is 0 Å². The summed E-state index contributed by atoms with van der Waals surface area (Å²) in [7, 11) is 0. The molecule has 3 rings (SSSR count). The van der Waals surface area contributed by atoms with Crippen LogP contribution in [0, 0.1) is 0 Å². The highest BCUT2D eigenvalue weighted by atomic mass is 32.1. The third-order valence-corrected chi connectivity index (χ3v) is 5.17. The molecule has 0 radical (unpaired) electrons. The van der Waals surface area contributed by atoms with E-state index in [0.717, 1.165) is 43.3 Å². The molecule has 6 heteroatoms. The standard InChI is InChI=1S/C19H25N3O2S/c1-2-24-18(23)12-17-14-25-19(21-17)20-16-8-10-22(11-9-16)13-15-6-4-3-5-7-15/h3-7,14,16H,2,8-13H2,1H3,(H,20,21). The fourth-order valence-electron chi connectivity index (χ4n) is 3.07. The van der Waals surface area contributed by atoms with Crippen LogP contribution >= 0.6 is 11.3 Å². The normalized spacial score (nSPS) is 15.9. The summed E-state index contributed by atoms with van der Waals surface area (Å²) < 4.78 is 4.97. The molecular formula is C19H25N3O2S. The molecule has 5 nitrogen and oxygen atoms in total. The molecule has 1 aliphatic heterocycles. The van der Waals surface area contributed by atoms with E-state index in [1.54, 1.807) is 11.3 Å². The molecule has 134 valence electrons. The highest BCUT2D eigenvalue weighted by molar-refractivity contribution is 7.13. The minimum absolute atomic E-state index is 0.214. The number of hydrogen-bond donors (Lipinski definition) is 1. The van der Waals surface area contributed by atoms with Crippen LogP contribution in [0.3, 0.4) is 0 Å². The second kappa shape index (κ2) is 8.97. The quantitative estimate of drug-likeness (QED) is 0.769. The smallest absolute Gasteiger partial charge is 0.311 e. The predicted molar refractivity (Wildman–Crippen MR) is 101 cm³/mol. The maximum atomic E-state index is 11.5. The molecule has 1 N–H and O–H groups in total. The van der Waals surface area contributed by atoms with Gasteiger partial charge in [0.05, 0.1) is 18.7 Å². The Morgan fingerprint density at radius 2 is 2.08 bits per heavy atom. The van der Waals surface area contributed by atoms with Gasteiger partial charge in [-0.05, 0) is 25.3 Å². The Labute approximate surface area is 153 Å². The van der Waals surface area contributed by atoms with E-state index in [4.69, 9.17) is 4.74 Å². The van der Waals surface area contributed by atoms with Crippen molar-refractivity contribution in [3.8, 4) is 0 Å². The van der Waals surface area contributed by atoms with Gasteiger partial charge in [0.1, 0.15) is 0 Å². The van der Waals surface area contributed by atoms with Crippen LogP contribution in [0.25, 0.3) is 0 Å². The van der Waals surface area contributed by atoms with Crippen LogP contribution in [0.5, 0.6) is 0 Å². The fourth-order valence-corrected chi connectivity index (χ4v) is 3.85. The summed E-state index contributed by atoms with van der Waals surface area (Å²) in [5, 5.41) is 6.36. The van der Waals surface area contributed by atoms with Crippen LogP contribution < -0.4 is 5.32 Å². The Kier molecular flexibility index (Phi) is 6.42. The topological polar surface area (TPSA) is 54.5 Å². The Morgan fingerprint density at radius 3 is 2.80 bits per heavy atom. The molecule has 0 aliphatic carbocycles. The molecule has 0 saturated carbocycles. The molecule has 0 bridgehead atoms. The molecule has 0 unspecified atom stereocenters. The van der Waals surface area contributed by atoms with E-state index in [2.05, 4.69) is 45.5 Å². The first-order valence-electron chi connectivity index (χ1n) is 8.85. The maximum Gasteiger partial charge on any atom is 0.311 e. The average Bonchev–Trinajstić information content (AvgIpc) is 3.04. The molecule has 2 aromatic rings. The number of esters is 1. The molecule has 0 amide bonds. The third kappa shape index (κ3) is 5.54. The highest BCUT2D eigenvalue weighted by Crippen LogP contribution is 2.21. The average molecular weight is 359 g/mol. The Balaban J connectivity index is 1.43. The molecule has 2 heterocycles. The van der Waals surface area contributed by atoms with Crippen molar-refractivity contribution >= 4 is 22.4 Å². The van der Waals surface area contributed by atoms with E-state index in [1.807, 2.05) is 12.3 Å². The van der Waals surface area contributed by atoms with E-state index >= 15 is 0 Å². The minimum atomic E-state index is -0.214. The minimum Gasteiger partial charge on any atom is -0.466 e. The SMILES string of the molecule is CCOC(=O)Cc1csc(NC2CCN(Cc3ccccc3)CC2)n1. The van der Waals surface area contributed by atoms with Gasteiger partial charge in [-0.2, -0.15) is 0 Å². The molecule has 1 saturated heterocycles. The van der Waals surface area contributed by atoms with Crippen LogP contribution in [-0.4, -0.2) is 41.6 Å².